The number of nitrogens with zero attached hydrogens (tertiary/aromatic N) is 1. The first-order valence-corrected chi connectivity index (χ1v) is 8.37. The van der Waals surface area contributed by atoms with E-state index in [1.165, 1.54) is 18.2 Å². The monoisotopic (exact) mass is 381 g/mol. The summed E-state index contributed by atoms with van der Waals surface area (Å²) in [5, 5.41) is 16.3. The van der Waals surface area contributed by atoms with Gasteiger partial charge < -0.3 is 15.7 Å². The van der Waals surface area contributed by atoms with Crippen molar-refractivity contribution in [3.63, 3.8) is 0 Å². The molecule has 1 aromatic heterocycles. The van der Waals surface area contributed by atoms with E-state index in [1.54, 1.807) is 12.1 Å². The number of hydrogen-bond acceptors (Lipinski definition) is 5. The Balaban J connectivity index is 1.83. The number of ketones is 1. The lowest BCUT2D eigenvalue weighted by atomic mass is 10.0. The Morgan fingerprint density at radius 3 is 2.70 bits per heavy atom. The van der Waals surface area contributed by atoms with Gasteiger partial charge in [-0.25, -0.2) is 9.78 Å². The van der Waals surface area contributed by atoms with Crippen LogP contribution in [0.3, 0.4) is 0 Å². The Kier molecular flexibility index (Phi) is 4.01. The number of carbonyl (C=O) groups is 3. The van der Waals surface area contributed by atoms with E-state index in [0.717, 1.165) is 5.56 Å². The molecular formula is C19H12ClN3O4. The number of aromatic carboxylic acids is 1. The molecule has 0 aliphatic carbocycles. The number of nitrogens with one attached hydrogen (secondary N) is 2. The minimum atomic E-state index is -1.10. The first-order valence-electron chi connectivity index (χ1n) is 7.99. The van der Waals surface area contributed by atoms with Crippen molar-refractivity contribution < 1.29 is 19.5 Å². The summed E-state index contributed by atoms with van der Waals surface area (Å²) in [5.74, 6) is -2.02. The molecular weight excluding hydrogens is 370 g/mol. The third kappa shape index (κ3) is 2.98. The summed E-state index contributed by atoms with van der Waals surface area (Å²) in [4.78, 5) is 39.6. The van der Waals surface area contributed by atoms with Crippen molar-refractivity contribution in [1.82, 2.24) is 4.98 Å². The van der Waals surface area contributed by atoms with Crippen molar-refractivity contribution in [2.45, 2.75) is 6.54 Å². The zero-order valence-corrected chi connectivity index (χ0v) is 14.5. The molecule has 0 atom stereocenters. The first-order chi connectivity index (χ1) is 12.9. The summed E-state index contributed by atoms with van der Waals surface area (Å²) in [6.45, 7) is 0.376. The van der Waals surface area contributed by atoms with Crippen LogP contribution in [0.2, 0.25) is 5.02 Å². The zero-order valence-electron chi connectivity index (χ0n) is 13.7. The summed E-state index contributed by atoms with van der Waals surface area (Å²) in [5.41, 5.74) is 1.10. The van der Waals surface area contributed by atoms with Gasteiger partial charge in [0.05, 0.1) is 11.1 Å². The van der Waals surface area contributed by atoms with Gasteiger partial charge in [-0.2, -0.15) is 0 Å². The molecule has 0 unspecified atom stereocenters. The number of halogens is 1. The van der Waals surface area contributed by atoms with E-state index in [2.05, 4.69) is 15.6 Å². The van der Waals surface area contributed by atoms with Gasteiger partial charge in [0, 0.05) is 22.3 Å². The molecule has 7 nitrogen and oxygen atoms in total. The third-order valence-corrected chi connectivity index (χ3v) is 4.50. The van der Waals surface area contributed by atoms with E-state index < -0.39 is 17.7 Å². The molecule has 2 heterocycles. The Hall–Kier alpha value is -3.45. The largest absolute Gasteiger partial charge is 0.478 e. The molecule has 0 fully saturated rings. The quantitative estimate of drug-likeness (QED) is 0.598. The Labute approximate surface area is 158 Å². The van der Waals surface area contributed by atoms with Crippen molar-refractivity contribution in [2.24, 2.45) is 0 Å². The Bertz CT molecular complexity index is 1140. The standard InChI is InChI=1S/C19H12ClN3O4/c20-11-3-1-2-9(6-11)8-21-16-13-7-10(19(26)27)4-5-12(13)14-15(24)18(25)23-17(14)22-16/h1-7H,8H2,(H,26,27)(H2,21,22,23,24,25). The van der Waals surface area contributed by atoms with Crippen LogP contribution in [0.5, 0.6) is 0 Å². The summed E-state index contributed by atoms with van der Waals surface area (Å²) in [6.07, 6.45) is 0. The van der Waals surface area contributed by atoms with Crippen molar-refractivity contribution >= 4 is 51.7 Å². The number of benzene rings is 2. The predicted molar refractivity (Wildman–Crippen MR) is 100 cm³/mol. The van der Waals surface area contributed by atoms with E-state index in [9.17, 15) is 19.5 Å². The number of fused-ring (bicyclic) bond motifs is 3. The fourth-order valence-electron chi connectivity index (χ4n) is 3.01. The second-order valence-corrected chi connectivity index (χ2v) is 6.45. The molecule has 8 heteroatoms. The Morgan fingerprint density at radius 1 is 1.15 bits per heavy atom. The SMILES string of the molecule is O=C1Nc2nc(NCc3cccc(Cl)c3)c3cc(C(=O)O)ccc3c2C1=O. The normalized spacial score (nSPS) is 12.8. The van der Waals surface area contributed by atoms with Gasteiger partial charge in [0.1, 0.15) is 11.6 Å². The van der Waals surface area contributed by atoms with Gasteiger partial charge in [0.15, 0.2) is 0 Å². The van der Waals surface area contributed by atoms with E-state index in [1.807, 2.05) is 12.1 Å². The molecule has 0 saturated heterocycles. The van der Waals surface area contributed by atoms with Gasteiger partial charge in [-0.15, -0.1) is 0 Å². The molecule has 27 heavy (non-hydrogen) atoms. The van der Waals surface area contributed by atoms with Gasteiger partial charge in [-0.3, -0.25) is 9.59 Å². The topological polar surface area (TPSA) is 108 Å². The lowest BCUT2D eigenvalue weighted by molar-refractivity contribution is -0.112. The van der Waals surface area contributed by atoms with Crippen LogP contribution in [0.1, 0.15) is 26.3 Å². The second kappa shape index (κ2) is 6.37. The minimum absolute atomic E-state index is 0.0554. The van der Waals surface area contributed by atoms with Gasteiger partial charge in [-0.1, -0.05) is 29.8 Å². The molecule has 3 aromatic rings. The highest BCUT2D eigenvalue weighted by Crippen LogP contribution is 2.34. The smallest absolute Gasteiger partial charge is 0.335 e. The highest BCUT2D eigenvalue weighted by Gasteiger charge is 2.32. The number of pyridine rings is 1. The fourth-order valence-corrected chi connectivity index (χ4v) is 3.23. The molecule has 0 spiro atoms. The summed E-state index contributed by atoms with van der Waals surface area (Å²) in [6, 6.07) is 11.6. The molecule has 1 amide bonds. The molecule has 2 aromatic carbocycles. The van der Waals surface area contributed by atoms with E-state index >= 15 is 0 Å². The Morgan fingerprint density at radius 2 is 1.96 bits per heavy atom. The van der Waals surface area contributed by atoms with Crippen molar-refractivity contribution in [2.75, 3.05) is 10.6 Å². The van der Waals surface area contributed by atoms with Gasteiger partial charge in [0.2, 0.25) is 0 Å². The van der Waals surface area contributed by atoms with Gasteiger partial charge in [0.25, 0.3) is 11.7 Å². The zero-order chi connectivity index (χ0) is 19.1. The number of Topliss-reactive ketones (excluding diaryl/α,β-unsaturated/α-hetero) is 1. The highest BCUT2D eigenvalue weighted by molar-refractivity contribution is 6.53. The van der Waals surface area contributed by atoms with Crippen molar-refractivity contribution in [3.05, 3.63) is 64.2 Å². The molecule has 1 aliphatic rings. The molecule has 3 N–H and O–H groups in total. The number of aromatic nitrogens is 1. The number of rotatable bonds is 4. The maximum Gasteiger partial charge on any atom is 0.335 e. The minimum Gasteiger partial charge on any atom is -0.478 e. The highest BCUT2D eigenvalue weighted by atomic mass is 35.5. The summed E-state index contributed by atoms with van der Waals surface area (Å²) >= 11 is 5.99. The van der Waals surface area contributed by atoms with Crippen molar-refractivity contribution in [1.29, 1.82) is 0 Å². The average Bonchev–Trinajstić information content (AvgIpc) is 2.93. The lowest BCUT2D eigenvalue weighted by Crippen LogP contribution is -2.12. The maximum atomic E-state index is 12.2. The van der Waals surface area contributed by atoms with Crippen LogP contribution >= 0.6 is 11.6 Å². The van der Waals surface area contributed by atoms with Crippen LogP contribution in [0.4, 0.5) is 11.6 Å². The lowest BCUT2D eigenvalue weighted by Gasteiger charge is -2.12. The first kappa shape index (κ1) is 17.0. The fraction of sp³-hybridized carbons (Fsp3) is 0.0526. The van der Waals surface area contributed by atoms with Crippen LogP contribution < -0.4 is 10.6 Å². The maximum absolute atomic E-state index is 12.2. The number of carboxylic acid groups (broad SMARTS) is 1. The second-order valence-electron chi connectivity index (χ2n) is 6.02. The van der Waals surface area contributed by atoms with Gasteiger partial charge >= 0.3 is 5.97 Å². The van der Waals surface area contributed by atoms with Crippen LogP contribution in [0, 0.1) is 0 Å². The predicted octanol–water partition coefficient (Wildman–Crippen LogP) is 3.33. The molecule has 0 saturated carbocycles. The molecule has 0 bridgehead atoms. The number of anilines is 2. The molecule has 134 valence electrons. The number of amides is 1. The van der Waals surface area contributed by atoms with Crippen LogP contribution in [0.15, 0.2) is 42.5 Å². The van der Waals surface area contributed by atoms with E-state index in [0.29, 0.717) is 28.2 Å². The van der Waals surface area contributed by atoms with Crippen LogP contribution in [-0.4, -0.2) is 27.8 Å². The van der Waals surface area contributed by atoms with E-state index in [-0.39, 0.29) is 16.9 Å². The van der Waals surface area contributed by atoms with Gasteiger partial charge in [-0.05, 0) is 29.8 Å². The van der Waals surface area contributed by atoms with Crippen molar-refractivity contribution in [3.8, 4) is 0 Å². The van der Waals surface area contributed by atoms with E-state index in [4.69, 9.17) is 11.6 Å². The molecule has 1 aliphatic heterocycles. The number of carbonyl (C=O) groups excluding carboxylic acids is 2. The summed E-state index contributed by atoms with van der Waals surface area (Å²) < 4.78 is 0. The molecule has 4 rings (SSSR count). The average molecular weight is 382 g/mol. The van der Waals surface area contributed by atoms with Crippen LogP contribution in [-0.2, 0) is 11.3 Å². The number of carboxylic acids is 1. The number of hydrogen-bond donors (Lipinski definition) is 3. The third-order valence-electron chi connectivity index (χ3n) is 4.27. The van der Waals surface area contributed by atoms with Crippen LogP contribution in [0.25, 0.3) is 10.8 Å². The summed E-state index contributed by atoms with van der Waals surface area (Å²) in [7, 11) is 0. The molecule has 0 radical (unpaired) electrons.